The molecule has 0 spiro atoms. The number of hydrogen-bond acceptors (Lipinski definition) is 3. The van der Waals surface area contributed by atoms with Crippen LogP contribution in [-0.4, -0.2) is 19.6 Å². The highest BCUT2D eigenvalue weighted by Crippen LogP contribution is 2.12. The van der Waals surface area contributed by atoms with Gasteiger partial charge in [0.15, 0.2) is 0 Å². The molecule has 3 heteroatoms. The van der Waals surface area contributed by atoms with Crippen LogP contribution in [0.15, 0.2) is 54.6 Å². The summed E-state index contributed by atoms with van der Waals surface area (Å²) >= 11 is 0. The van der Waals surface area contributed by atoms with E-state index in [4.69, 9.17) is 4.74 Å². The lowest BCUT2D eigenvalue weighted by Gasteiger charge is -2.08. The van der Waals surface area contributed by atoms with Crippen molar-refractivity contribution in [2.24, 2.45) is 0 Å². The minimum Gasteiger partial charge on any atom is -0.465 e. The molecule has 0 aliphatic heterocycles. The molecule has 1 N–H and O–H groups in total. The second kappa shape index (κ2) is 7.34. The zero-order chi connectivity index (χ0) is 14.2. The molecule has 0 aromatic heterocycles. The number of esters is 1. The molecule has 0 bridgehead atoms. The van der Waals surface area contributed by atoms with E-state index < -0.39 is 0 Å². The molecule has 0 aliphatic rings. The van der Waals surface area contributed by atoms with Crippen molar-refractivity contribution < 1.29 is 9.53 Å². The number of aryl methyl sites for hydroxylation is 1. The number of rotatable bonds is 6. The molecule has 3 nitrogen and oxygen atoms in total. The summed E-state index contributed by atoms with van der Waals surface area (Å²) in [5.41, 5.74) is 2.86. The van der Waals surface area contributed by atoms with E-state index in [0.717, 1.165) is 25.1 Å². The van der Waals surface area contributed by atoms with Crippen LogP contribution in [0, 0.1) is 0 Å². The SMILES string of the molecule is COC(=O)c1cccc(NCCCc2ccccc2)c1. The third-order valence-corrected chi connectivity index (χ3v) is 3.10. The van der Waals surface area contributed by atoms with Gasteiger partial charge >= 0.3 is 5.97 Å². The molecule has 2 aromatic carbocycles. The predicted octanol–water partition coefficient (Wildman–Crippen LogP) is 3.52. The molecule has 0 amide bonds. The molecule has 0 fully saturated rings. The van der Waals surface area contributed by atoms with Crippen molar-refractivity contribution in [3.63, 3.8) is 0 Å². The van der Waals surface area contributed by atoms with Gasteiger partial charge in [-0.15, -0.1) is 0 Å². The Morgan fingerprint density at radius 3 is 2.65 bits per heavy atom. The van der Waals surface area contributed by atoms with E-state index in [0.29, 0.717) is 5.56 Å². The van der Waals surface area contributed by atoms with Gasteiger partial charge in [0, 0.05) is 12.2 Å². The minimum absolute atomic E-state index is 0.307. The Hall–Kier alpha value is -2.29. The maximum absolute atomic E-state index is 11.4. The first-order chi connectivity index (χ1) is 9.79. The fourth-order valence-electron chi connectivity index (χ4n) is 2.04. The zero-order valence-corrected chi connectivity index (χ0v) is 11.6. The van der Waals surface area contributed by atoms with Crippen molar-refractivity contribution in [1.29, 1.82) is 0 Å². The molecule has 0 aliphatic carbocycles. The molecule has 0 radical (unpaired) electrons. The van der Waals surface area contributed by atoms with Gasteiger partial charge in [0.25, 0.3) is 0 Å². The van der Waals surface area contributed by atoms with Crippen molar-refractivity contribution >= 4 is 11.7 Å². The van der Waals surface area contributed by atoms with Crippen LogP contribution in [0.2, 0.25) is 0 Å². The molecule has 0 unspecified atom stereocenters. The van der Waals surface area contributed by atoms with E-state index in [-0.39, 0.29) is 5.97 Å². The maximum Gasteiger partial charge on any atom is 0.337 e. The Morgan fingerprint density at radius 1 is 1.10 bits per heavy atom. The highest BCUT2D eigenvalue weighted by Gasteiger charge is 2.04. The van der Waals surface area contributed by atoms with E-state index in [1.807, 2.05) is 24.3 Å². The smallest absolute Gasteiger partial charge is 0.337 e. The van der Waals surface area contributed by atoms with Crippen LogP contribution < -0.4 is 5.32 Å². The van der Waals surface area contributed by atoms with Gasteiger partial charge in [-0.2, -0.15) is 0 Å². The number of ether oxygens (including phenoxy) is 1. The van der Waals surface area contributed by atoms with Crippen molar-refractivity contribution in [3.05, 3.63) is 65.7 Å². The van der Waals surface area contributed by atoms with E-state index in [9.17, 15) is 4.79 Å². The average molecular weight is 269 g/mol. The van der Waals surface area contributed by atoms with E-state index >= 15 is 0 Å². The molecule has 0 atom stereocenters. The molecule has 0 saturated heterocycles. The summed E-state index contributed by atoms with van der Waals surface area (Å²) < 4.78 is 4.71. The van der Waals surface area contributed by atoms with E-state index in [1.165, 1.54) is 12.7 Å². The summed E-state index contributed by atoms with van der Waals surface area (Å²) in [5.74, 6) is -0.307. The molecule has 2 rings (SSSR count). The van der Waals surface area contributed by atoms with Gasteiger partial charge in [-0.05, 0) is 36.6 Å². The summed E-state index contributed by atoms with van der Waals surface area (Å²) in [6.45, 7) is 0.875. The number of anilines is 1. The fourth-order valence-corrected chi connectivity index (χ4v) is 2.04. The van der Waals surface area contributed by atoms with Crippen LogP contribution >= 0.6 is 0 Å². The molecule has 2 aromatic rings. The van der Waals surface area contributed by atoms with Crippen molar-refractivity contribution in [1.82, 2.24) is 0 Å². The summed E-state index contributed by atoms with van der Waals surface area (Å²) in [7, 11) is 1.39. The van der Waals surface area contributed by atoms with Gasteiger partial charge < -0.3 is 10.1 Å². The molecule has 0 saturated carbocycles. The molecule has 104 valence electrons. The second-order valence-corrected chi connectivity index (χ2v) is 4.59. The highest BCUT2D eigenvalue weighted by atomic mass is 16.5. The first-order valence-corrected chi connectivity index (χ1v) is 6.76. The van der Waals surface area contributed by atoms with Crippen LogP contribution in [-0.2, 0) is 11.2 Å². The first kappa shape index (κ1) is 14.1. The van der Waals surface area contributed by atoms with Gasteiger partial charge in [-0.1, -0.05) is 36.4 Å². The Morgan fingerprint density at radius 2 is 1.90 bits per heavy atom. The van der Waals surface area contributed by atoms with Crippen molar-refractivity contribution in [2.75, 3.05) is 19.0 Å². The maximum atomic E-state index is 11.4. The van der Waals surface area contributed by atoms with Crippen molar-refractivity contribution in [3.8, 4) is 0 Å². The van der Waals surface area contributed by atoms with Crippen LogP contribution in [0.1, 0.15) is 22.3 Å². The standard InChI is InChI=1S/C17H19NO2/c1-20-17(19)15-10-5-11-16(13-15)18-12-6-9-14-7-3-2-4-8-14/h2-5,7-8,10-11,13,18H,6,9,12H2,1H3. The number of methoxy groups -OCH3 is 1. The van der Waals surface area contributed by atoms with Gasteiger partial charge in [-0.3, -0.25) is 0 Å². The normalized spacial score (nSPS) is 10.1. The Balaban J connectivity index is 1.81. The highest BCUT2D eigenvalue weighted by molar-refractivity contribution is 5.90. The fraction of sp³-hybridized carbons (Fsp3) is 0.235. The Bertz CT molecular complexity index is 552. The van der Waals surface area contributed by atoms with Gasteiger partial charge in [0.1, 0.15) is 0 Å². The van der Waals surface area contributed by atoms with Crippen LogP contribution in [0.5, 0.6) is 0 Å². The number of nitrogens with one attached hydrogen (secondary N) is 1. The van der Waals surface area contributed by atoms with Gasteiger partial charge in [0.2, 0.25) is 0 Å². The number of carbonyl (C=O) groups is 1. The Labute approximate surface area is 119 Å². The van der Waals surface area contributed by atoms with Crippen molar-refractivity contribution in [2.45, 2.75) is 12.8 Å². The lowest BCUT2D eigenvalue weighted by atomic mass is 10.1. The topological polar surface area (TPSA) is 38.3 Å². The summed E-state index contributed by atoms with van der Waals surface area (Å²) in [6.07, 6.45) is 2.09. The number of carbonyl (C=O) groups excluding carboxylic acids is 1. The molecule has 20 heavy (non-hydrogen) atoms. The lowest BCUT2D eigenvalue weighted by Crippen LogP contribution is -2.05. The minimum atomic E-state index is -0.307. The third kappa shape index (κ3) is 4.12. The first-order valence-electron chi connectivity index (χ1n) is 6.76. The van der Waals surface area contributed by atoms with Gasteiger partial charge in [-0.25, -0.2) is 4.79 Å². The van der Waals surface area contributed by atoms with E-state index in [2.05, 4.69) is 29.6 Å². The molecular formula is C17H19NO2. The quantitative estimate of drug-likeness (QED) is 0.644. The lowest BCUT2D eigenvalue weighted by molar-refractivity contribution is 0.0601. The van der Waals surface area contributed by atoms with E-state index in [1.54, 1.807) is 6.07 Å². The average Bonchev–Trinajstić information content (AvgIpc) is 2.52. The largest absolute Gasteiger partial charge is 0.465 e. The third-order valence-electron chi connectivity index (χ3n) is 3.10. The second-order valence-electron chi connectivity index (χ2n) is 4.59. The predicted molar refractivity (Wildman–Crippen MR) is 81.0 cm³/mol. The van der Waals surface area contributed by atoms with Crippen LogP contribution in [0.25, 0.3) is 0 Å². The summed E-state index contributed by atoms with van der Waals surface area (Å²) in [4.78, 5) is 11.4. The number of hydrogen-bond donors (Lipinski definition) is 1. The number of benzene rings is 2. The van der Waals surface area contributed by atoms with Crippen LogP contribution in [0.3, 0.4) is 0 Å². The Kier molecular flexibility index (Phi) is 5.18. The monoisotopic (exact) mass is 269 g/mol. The zero-order valence-electron chi connectivity index (χ0n) is 11.6. The summed E-state index contributed by atoms with van der Waals surface area (Å²) in [5, 5.41) is 3.33. The molecular weight excluding hydrogens is 250 g/mol. The van der Waals surface area contributed by atoms with Gasteiger partial charge in [0.05, 0.1) is 12.7 Å². The summed E-state index contributed by atoms with van der Waals surface area (Å²) in [6, 6.07) is 17.8. The van der Waals surface area contributed by atoms with Crippen LogP contribution in [0.4, 0.5) is 5.69 Å². The molecule has 0 heterocycles.